The number of carbonyl (C=O) groups excluding carboxylic acids is 4. The molecular formula is C18H32N6O6S. The smallest absolute Gasteiger partial charge is 0.326 e. The van der Waals surface area contributed by atoms with Crippen LogP contribution in [0.5, 0.6) is 0 Å². The zero-order chi connectivity index (χ0) is 23.6. The largest absolute Gasteiger partial charge is 0.480 e. The van der Waals surface area contributed by atoms with Gasteiger partial charge in [0.25, 0.3) is 0 Å². The van der Waals surface area contributed by atoms with E-state index in [0.29, 0.717) is 32.2 Å². The van der Waals surface area contributed by atoms with Gasteiger partial charge in [-0.25, -0.2) is 4.79 Å². The molecule has 1 rings (SSSR count). The zero-order valence-corrected chi connectivity index (χ0v) is 18.2. The molecule has 1 aliphatic rings. The highest BCUT2D eigenvalue weighted by atomic mass is 32.1. The number of aliphatic carboxylic acids is 1. The number of nitrogens with zero attached hydrogens (tertiary/aromatic N) is 1. The summed E-state index contributed by atoms with van der Waals surface area (Å²) in [5, 5.41) is 14.3. The number of carboxylic acid groups (broad SMARTS) is 1. The van der Waals surface area contributed by atoms with Gasteiger partial charge in [0.15, 0.2) is 0 Å². The van der Waals surface area contributed by atoms with Gasteiger partial charge in [0.2, 0.25) is 23.6 Å². The van der Waals surface area contributed by atoms with E-state index < -0.39 is 53.8 Å². The molecule has 0 saturated carbocycles. The van der Waals surface area contributed by atoms with Crippen molar-refractivity contribution < 1.29 is 29.1 Å². The van der Waals surface area contributed by atoms with Gasteiger partial charge in [0.05, 0.1) is 12.5 Å². The van der Waals surface area contributed by atoms with Gasteiger partial charge in [0.1, 0.15) is 18.1 Å². The number of nitrogens with two attached hydrogens (primary N) is 3. The van der Waals surface area contributed by atoms with Crippen molar-refractivity contribution in [3.8, 4) is 0 Å². The molecular weight excluding hydrogens is 428 g/mol. The molecule has 0 aromatic rings. The van der Waals surface area contributed by atoms with Crippen molar-refractivity contribution in [3.05, 3.63) is 0 Å². The summed E-state index contributed by atoms with van der Waals surface area (Å²) >= 11 is 4.11. The van der Waals surface area contributed by atoms with Crippen LogP contribution >= 0.6 is 12.6 Å². The van der Waals surface area contributed by atoms with Crippen molar-refractivity contribution in [3.63, 3.8) is 0 Å². The maximum absolute atomic E-state index is 12.8. The minimum Gasteiger partial charge on any atom is -0.480 e. The number of carbonyl (C=O) groups is 5. The van der Waals surface area contributed by atoms with E-state index in [0.717, 1.165) is 0 Å². The van der Waals surface area contributed by atoms with Crippen LogP contribution in [-0.2, 0) is 24.0 Å². The van der Waals surface area contributed by atoms with Crippen LogP contribution in [0.4, 0.5) is 0 Å². The van der Waals surface area contributed by atoms with Gasteiger partial charge in [-0.2, -0.15) is 12.6 Å². The molecule has 12 nitrogen and oxygen atoms in total. The van der Waals surface area contributed by atoms with Crippen molar-refractivity contribution >= 4 is 42.2 Å². The number of hydrogen-bond donors (Lipinski definition) is 7. The molecule has 0 bridgehead atoms. The molecule has 0 aromatic heterocycles. The SMILES string of the molecule is NCCCCC(NC(=O)C(N)CC(N)=O)C(=O)NC(CS)C(=O)N1CCCC1C(=O)O. The lowest BCUT2D eigenvalue weighted by Gasteiger charge is -2.28. The number of thiol groups is 1. The minimum atomic E-state index is -1.22. The molecule has 0 aromatic carbocycles. The molecule has 1 saturated heterocycles. The van der Waals surface area contributed by atoms with E-state index in [2.05, 4.69) is 23.3 Å². The summed E-state index contributed by atoms with van der Waals surface area (Å²) in [6.45, 7) is 0.668. The Hall–Kier alpha value is -2.38. The maximum atomic E-state index is 12.8. The van der Waals surface area contributed by atoms with Crippen LogP contribution in [0.3, 0.4) is 0 Å². The highest BCUT2D eigenvalue weighted by Gasteiger charge is 2.38. The summed E-state index contributed by atoms with van der Waals surface area (Å²) in [5.41, 5.74) is 16.2. The fraction of sp³-hybridized carbons (Fsp3) is 0.722. The fourth-order valence-corrected chi connectivity index (χ4v) is 3.54. The molecule has 1 fully saturated rings. The number of amides is 4. The lowest BCUT2D eigenvalue weighted by Crippen LogP contribution is -2.57. The molecule has 13 heteroatoms. The predicted octanol–water partition coefficient (Wildman–Crippen LogP) is -2.71. The summed E-state index contributed by atoms with van der Waals surface area (Å²) in [6, 6.07) is -4.25. The lowest BCUT2D eigenvalue weighted by molar-refractivity contribution is -0.149. The predicted molar refractivity (Wildman–Crippen MR) is 115 cm³/mol. The standard InChI is InChI=1S/C18H32N6O6S/c19-6-2-1-4-11(22-15(26)10(20)8-14(21)25)16(27)23-12(9-31)17(28)24-7-3-5-13(24)18(29)30/h10-13,31H,1-9,19-20H2,(H2,21,25)(H,22,26)(H,23,27)(H,29,30). The maximum Gasteiger partial charge on any atom is 0.326 e. The third-order valence-electron chi connectivity index (χ3n) is 4.96. The Morgan fingerprint density at radius 2 is 1.74 bits per heavy atom. The molecule has 4 atom stereocenters. The summed E-state index contributed by atoms with van der Waals surface area (Å²) in [7, 11) is 0. The Morgan fingerprint density at radius 1 is 1.10 bits per heavy atom. The van der Waals surface area contributed by atoms with Crippen molar-refractivity contribution in [2.75, 3.05) is 18.8 Å². The van der Waals surface area contributed by atoms with E-state index in [-0.39, 0.29) is 25.1 Å². The number of unbranched alkanes of at least 4 members (excludes halogenated alkanes) is 1. The van der Waals surface area contributed by atoms with Crippen molar-refractivity contribution in [2.24, 2.45) is 17.2 Å². The van der Waals surface area contributed by atoms with Gasteiger partial charge in [-0.15, -0.1) is 0 Å². The highest BCUT2D eigenvalue weighted by Crippen LogP contribution is 2.19. The molecule has 1 aliphatic heterocycles. The van der Waals surface area contributed by atoms with Gasteiger partial charge in [-0.05, 0) is 38.6 Å². The van der Waals surface area contributed by atoms with Crippen molar-refractivity contribution in [1.29, 1.82) is 0 Å². The third kappa shape index (κ3) is 8.34. The number of rotatable bonds is 13. The van der Waals surface area contributed by atoms with Crippen LogP contribution in [0.1, 0.15) is 38.5 Å². The Balaban J connectivity index is 2.86. The minimum absolute atomic E-state index is 0.0575. The topological polar surface area (TPSA) is 211 Å². The van der Waals surface area contributed by atoms with Gasteiger partial charge in [-0.3, -0.25) is 19.2 Å². The van der Waals surface area contributed by atoms with E-state index in [9.17, 15) is 29.1 Å². The average molecular weight is 461 g/mol. The van der Waals surface area contributed by atoms with Crippen molar-refractivity contribution in [1.82, 2.24) is 15.5 Å². The van der Waals surface area contributed by atoms with Crippen LogP contribution in [0.2, 0.25) is 0 Å². The van der Waals surface area contributed by atoms with Gasteiger partial charge >= 0.3 is 5.97 Å². The molecule has 4 unspecified atom stereocenters. The Kier molecular flexibility index (Phi) is 11.3. The van der Waals surface area contributed by atoms with Crippen molar-refractivity contribution in [2.45, 2.75) is 62.7 Å². The van der Waals surface area contributed by atoms with E-state index in [4.69, 9.17) is 17.2 Å². The Bertz CT molecular complexity index is 678. The zero-order valence-electron chi connectivity index (χ0n) is 17.3. The first-order valence-corrected chi connectivity index (χ1v) is 10.7. The molecule has 9 N–H and O–H groups in total. The summed E-state index contributed by atoms with van der Waals surface area (Å²) < 4.78 is 0. The quantitative estimate of drug-likeness (QED) is 0.113. The number of nitrogens with one attached hydrogen (secondary N) is 2. The first kappa shape index (κ1) is 26.7. The van der Waals surface area contributed by atoms with Crippen LogP contribution < -0.4 is 27.8 Å². The molecule has 0 aliphatic carbocycles. The monoisotopic (exact) mass is 460 g/mol. The van der Waals surface area contributed by atoms with E-state index in [1.807, 2.05) is 0 Å². The normalized spacial score (nSPS) is 18.7. The molecule has 4 amide bonds. The lowest BCUT2D eigenvalue weighted by atomic mass is 10.1. The second-order valence-corrected chi connectivity index (χ2v) is 7.76. The first-order valence-electron chi connectivity index (χ1n) is 10.1. The second kappa shape index (κ2) is 13.1. The van der Waals surface area contributed by atoms with E-state index in [1.54, 1.807) is 0 Å². The van der Waals surface area contributed by atoms with Crippen LogP contribution in [0, 0.1) is 0 Å². The third-order valence-corrected chi connectivity index (χ3v) is 5.32. The molecule has 176 valence electrons. The summed E-state index contributed by atoms with van der Waals surface area (Å²) in [5.74, 6) is -3.85. The molecule has 1 heterocycles. The van der Waals surface area contributed by atoms with Gasteiger partial charge < -0.3 is 37.8 Å². The van der Waals surface area contributed by atoms with Gasteiger partial charge in [0, 0.05) is 12.3 Å². The van der Waals surface area contributed by atoms with Crippen LogP contribution in [0.25, 0.3) is 0 Å². The highest BCUT2D eigenvalue weighted by molar-refractivity contribution is 7.80. The van der Waals surface area contributed by atoms with E-state index >= 15 is 0 Å². The molecule has 0 radical (unpaired) electrons. The van der Waals surface area contributed by atoms with Crippen LogP contribution in [0.15, 0.2) is 0 Å². The molecule has 0 spiro atoms. The number of likely N-dealkylation sites (tertiary alicyclic amines) is 1. The number of hydrogen-bond acceptors (Lipinski definition) is 8. The summed E-state index contributed by atoms with van der Waals surface area (Å²) in [6.07, 6.45) is 1.86. The number of primary amides is 1. The second-order valence-electron chi connectivity index (χ2n) is 7.39. The van der Waals surface area contributed by atoms with Gasteiger partial charge in [-0.1, -0.05) is 0 Å². The first-order chi connectivity index (χ1) is 14.6. The van der Waals surface area contributed by atoms with E-state index in [1.165, 1.54) is 4.90 Å². The summed E-state index contributed by atoms with van der Waals surface area (Å²) in [4.78, 5) is 61.4. The number of carboxylic acids is 1. The fourth-order valence-electron chi connectivity index (χ4n) is 3.29. The Labute approximate surface area is 186 Å². The molecule has 31 heavy (non-hydrogen) atoms. The Morgan fingerprint density at radius 3 is 2.29 bits per heavy atom. The van der Waals surface area contributed by atoms with Crippen LogP contribution in [-0.4, -0.2) is 82.6 Å². The average Bonchev–Trinajstić information content (AvgIpc) is 3.20.